The molecule has 0 aromatic rings. The number of phosphoric ester groups is 1. The first-order valence-electron chi connectivity index (χ1n) is 25.7. The molecule has 0 rings (SSSR count). The molecule has 0 aliphatic carbocycles. The van der Waals surface area contributed by atoms with Gasteiger partial charge in [-0.3, -0.25) is 14.2 Å². The molecule has 0 radical (unpaired) electrons. The van der Waals surface area contributed by atoms with Crippen LogP contribution in [0, 0.1) is 0 Å². The van der Waals surface area contributed by atoms with Crippen LogP contribution in [0.3, 0.4) is 0 Å². The Bertz CT molecular complexity index is 1150. The molecule has 0 aliphatic rings. The van der Waals surface area contributed by atoms with Crippen molar-refractivity contribution in [2.45, 2.75) is 238 Å². The summed E-state index contributed by atoms with van der Waals surface area (Å²) in [5, 5.41) is 0. The highest BCUT2D eigenvalue weighted by Gasteiger charge is 2.21. The molecule has 0 saturated heterocycles. The average Bonchev–Trinajstić information content (AvgIpc) is 3.23. The summed E-state index contributed by atoms with van der Waals surface area (Å²) < 4.78 is 34.0. The zero-order chi connectivity index (χ0) is 45.7. The number of phosphoric acid groups is 1. The summed E-state index contributed by atoms with van der Waals surface area (Å²) in [5.74, 6) is -0.840. The largest absolute Gasteiger partial charge is 0.756 e. The van der Waals surface area contributed by atoms with Crippen LogP contribution in [0.15, 0.2) is 36.5 Å². The number of likely N-dealkylation sites (N-methyl/N-ethyl adjacent to an activating group) is 1. The summed E-state index contributed by atoms with van der Waals surface area (Å²) in [5.41, 5.74) is 0. The molecule has 0 N–H and O–H groups in total. The minimum atomic E-state index is -4.63. The number of allylic oxidation sites excluding steroid dienone is 6. The van der Waals surface area contributed by atoms with Crippen molar-refractivity contribution in [3.05, 3.63) is 36.5 Å². The monoisotopic (exact) mass is 896 g/mol. The summed E-state index contributed by atoms with van der Waals surface area (Å²) in [6.07, 6.45) is 51.7. The van der Waals surface area contributed by atoms with Gasteiger partial charge in [-0.05, 0) is 70.6 Å². The quantitative estimate of drug-likeness (QED) is 0.0195. The summed E-state index contributed by atoms with van der Waals surface area (Å²) in [7, 11) is 1.16. The first-order valence-corrected chi connectivity index (χ1v) is 27.2. The van der Waals surface area contributed by atoms with E-state index in [1.54, 1.807) is 0 Å². The molecule has 0 aromatic heterocycles. The molecule has 0 heterocycles. The van der Waals surface area contributed by atoms with Crippen molar-refractivity contribution in [2.24, 2.45) is 0 Å². The second-order valence-electron chi connectivity index (χ2n) is 18.5. The number of esters is 2. The molecule has 2 atom stereocenters. The van der Waals surface area contributed by atoms with Gasteiger partial charge in [0, 0.05) is 12.8 Å². The van der Waals surface area contributed by atoms with E-state index in [2.05, 4.69) is 50.3 Å². The number of hydrogen-bond donors (Lipinski definition) is 0. The topological polar surface area (TPSA) is 111 Å². The lowest BCUT2D eigenvalue weighted by atomic mass is 10.0. The van der Waals surface area contributed by atoms with Gasteiger partial charge < -0.3 is 27.9 Å². The van der Waals surface area contributed by atoms with Crippen molar-refractivity contribution in [1.29, 1.82) is 0 Å². The van der Waals surface area contributed by atoms with E-state index >= 15 is 0 Å². The molecular formula is C52H98NO8P. The third kappa shape index (κ3) is 47.7. The first kappa shape index (κ1) is 60.2. The Hall–Kier alpha value is -1.77. The molecule has 10 heteroatoms. The fraction of sp³-hybridized carbons (Fsp3) is 0.846. The van der Waals surface area contributed by atoms with E-state index in [4.69, 9.17) is 18.5 Å². The highest BCUT2D eigenvalue weighted by atomic mass is 31.2. The van der Waals surface area contributed by atoms with Crippen LogP contribution in [-0.2, 0) is 32.7 Å². The van der Waals surface area contributed by atoms with Gasteiger partial charge in [0.15, 0.2) is 6.10 Å². The predicted molar refractivity (Wildman–Crippen MR) is 259 cm³/mol. The molecule has 9 nitrogen and oxygen atoms in total. The van der Waals surface area contributed by atoms with Crippen molar-refractivity contribution in [2.75, 3.05) is 47.5 Å². The zero-order valence-corrected chi connectivity index (χ0v) is 42.0. The van der Waals surface area contributed by atoms with Crippen LogP contribution in [0.5, 0.6) is 0 Å². The standard InChI is InChI=1S/C52H98NO8P/c1-6-8-10-12-14-16-18-20-22-23-24-25-26-27-28-29-31-33-35-37-39-41-43-45-52(55)61-50(49-60-62(56,57)59-47-46-53(3,4)5)48-58-51(54)44-42-40-38-36-34-32-30-21-19-17-15-13-11-9-7-2/h18,20-21,23-24,30,50H,6-17,19,22,25-29,31-49H2,1-5H3/b20-18-,24-23-,30-21-. The van der Waals surface area contributed by atoms with E-state index in [0.717, 1.165) is 64.2 Å². The van der Waals surface area contributed by atoms with E-state index in [1.807, 2.05) is 21.1 Å². The maximum absolute atomic E-state index is 12.7. The number of quaternary nitrogens is 1. The van der Waals surface area contributed by atoms with Crippen molar-refractivity contribution in [3.63, 3.8) is 0 Å². The van der Waals surface area contributed by atoms with Crippen LogP contribution in [0.25, 0.3) is 0 Å². The molecule has 0 fully saturated rings. The average molecular weight is 896 g/mol. The van der Waals surface area contributed by atoms with E-state index in [0.29, 0.717) is 17.4 Å². The number of carbonyl (C=O) groups is 2. The smallest absolute Gasteiger partial charge is 0.306 e. The normalized spacial score (nSPS) is 13.7. The summed E-state index contributed by atoms with van der Waals surface area (Å²) in [4.78, 5) is 37.7. The number of rotatable bonds is 47. The molecule has 0 bridgehead atoms. The lowest BCUT2D eigenvalue weighted by Gasteiger charge is -2.28. The zero-order valence-electron chi connectivity index (χ0n) is 41.1. The van der Waals surface area contributed by atoms with Gasteiger partial charge in [-0.2, -0.15) is 0 Å². The van der Waals surface area contributed by atoms with Gasteiger partial charge in [0.1, 0.15) is 19.8 Å². The Morgan fingerprint density at radius 1 is 0.500 bits per heavy atom. The Kier molecular flexibility index (Phi) is 43.2. The van der Waals surface area contributed by atoms with Crippen molar-refractivity contribution >= 4 is 19.8 Å². The second kappa shape index (κ2) is 44.4. The third-order valence-electron chi connectivity index (χ3n) is 11.1. The van der Waals surface area contributed by atoms with Crippen molar-refractivity contribution in [3.8, 4) is 0 Å². The van der Waals surface area contributed by atoms with Crippen LogP contribution in [0.2, 0.25) is 0 Å². The van der Waals surface area contributed by atoms with Crippen LogP contribution in [-0.4, -0.2) is 70.0 Å². The highest BCUT2D eigenvalue weighted by Crippen LogP contribution is 2.38. The van der Waals surface area contributed by atoms with Gasteiger partial charge >= 0.3 is 11.9 Å². The SMILES string of the molecule is CCCCCCC/C=C\C/C=C\CCCCCCCCCCCCCC(=O)OC(COC(=O)CCCCCCC/C=C\CCCCCCCC)COP(=O)([O-])OCC[N+](C)(C)C. The maximum Gasteiger partial charge on any atom is 0.306 e. The number of hydrogen-bond acceptors (Lipinski definition) is 8. The molecule has 0 amide bonds. The van der Waals surface area contributed by atoms with Gasteiger partial charge in [-0.25, -0.2) is 0 Å². The van der Waals surface area contributed by atoms with E-state index < -0.39 is 32.5 Å². The molecule has 0 aliphatic heterocycles. The minimum absolute atomic E-state index is 0.0321. The second-order valence-corrected chi connectivity index (χ2v) is 19.9. The predicted octanol–water partition coefficient (Wildman–Crippen LogP) is 14.6. The number of unbranched alkanes of at least 4 members (excludes halogenated alkanes) is 27. The Morgan fingerprint density at radius 3 is 1.29 bits per heavy atom. The molecule has 0 spiro atoms. The summed E-state index contributed by atoms with van der Waals surface area (Å²) >= 11 is 0. The van der Waals surface area contributed by atoms with Crippen molar-refractivity contribution in [1.82, 2.24) is 0 Å². The Morgan fingerprint density at radius 2 is 0.871 bits per heavy atom. The number of carbonyl (C=O) groups excluding carboxylic acids is 2. The van der Waals surface area contributed by atoms with Gasteiger partial charge in [0.2, 0.25) is 0 Å². The molecule has 62 heavy (non-hydrogen) atoms. The van der Waals surface area contributed by atoms with Crippen molar-refractivity contribution < 1.29 is 42.1 Å². The van der Waals surface area contributed by atoms with E-state index in [9.17, 15) is 19.0 Å². The molecule has 364 valence electrons. The summed E-state index contributed by atoms with van der Waals surface area (Å²) in [6.45, 7) is 4.22. The Labute approximate surface area is 382 Å². The van der Waals surface area contributed by atoms with Crippen LogP contribution in [0.4, 0.5) is 0 Å². The van der Waals surface area contributed by atoms with Crippen LogP contribution >= 0.6 is 7.82 Å². The van der Waals surface area contributed by atoms with E-state index in [1.165, 1.54) is 135 Å². The number of nitrogens with zero attached hydrogens (tertiary/aromatic N) is 1. The summed E-state index contributed by atoms with van der Waals surface area (Å²) in [6, 6.07) is 0. The van der Waals surface area contributed by atoms with Gasteiger partial charge in [0.05, 0.1) is 27.7 Å². The Balaban J connectivity index is 4.23. The number of ether oxygens (including phenoxy) is 2. The first-order chi connectivity index (χ1) is 30.0. The van der Waals surface area contributed by atoms with Gasteiger partial charge in [0.25, 0.3) is 7.82 Å². The lowest BCUT2D eigenvalue weighted by molar-refractivity contribution is -0.870. The molecule has 2 unspecified atom stereocenters. The maximum atomic E-state index is 12.7. The molecule has 0 aromatic carbocycles. The minimum Gasteiger partial charge on any atom is -0.756 e. The fourth-order valence-corrected chi connectivity index (χ4v) is 7.82. The van der Waals surface area contributed by atoms with Gasteiger partial charge in [-0.15, -0.1) is 0 Å². The molecular weight excluding hydrogens is 798 g/mol. The third-order valence-corrected chi connectivity index (χ3v) is 12.1. The van der Waals surface area contributed by atoms with Gasteiger partial charge in [-0.1, -0.05) is 185 Å². The van der Waals surface area contributed by atoms with Crippen LogP contribution < -0.4 is 4.89 Å². The highest BCUT2D eigenvalue weighted by molar-refractivity contribution is 7.45. The van der Waals surface area contributed by atoms with E-state index in [-0.39, 0.29) is 26.1 Å². The fourth-order valence-electron chi connectivity index (χ4n) is 7.09. The lowest BCUT2D eigenvalue weighted by Crippen LogP contribution is -2.37. The van der Waals surface area contributed by atoms with Crippen LogP contribution in [0.1, 0.15) is 232 Å². The molecule has 0 saturated carbocycles.